The minimum atomic E-state index is 0.103. The first-order valence-corrected chi connectivity index (χ1v) is 13.7. The van der Waals surface area contributed by atoms with Crippen LogP contribution in [0.2, 0.25) is 0 Å². The Morgan fingerprint density at radius 1 is 0.463 bits per heavy atom. The maximum Gasteiger partial charge on any atom is 0.207 e. The number of hydrogen-bond acceptors (Lipinski definition) is 4. The zero-order valence-corrected chi connectivity index (χ0v) is 22.6. The lowest BCUT2D eigenvalue weighted by molar-refractivity contribution is 0.236. The van der Waals surface area contributed by atoms with Crippen LogP contribution in [-0.2, 0) is 26.4 Å². The van der Waals surface area contributed by atoms with Gasteiger partial charge in [0.2, 0.25) is 5.75 Å². The molecule has 0 saturated carbocycles. The van der Waals surface area contributed by atoms with Gasteiger partial charge in [-0.05, 0) is 28.3 Å². The van der Waals surface area contributed by atoms with Gasteiger partial charge in [-0.1, -0.05) is 121 Å². The molecule has 0 radical (unpaired) electrons. The van der Waals surface area contributed by atoms with Gasteiger partial charge in [-0.2, -0.15) is 0 Å². The number of benzene rings is 4. The van der Waals surface area contributed by atoms with Crippen molar-refractivity contribution >= 4 is 0 Å². The van der Waals surface area contributed by atoms with E-state index in [0.717, 1.165) is 27.9 Å². The van der Waals surface area contributed by atoms with Crippen molar-refractivity contribution in [3.8, 4) is 34.3 Å². The number of fused-ring (bicyclic) bond motifs is 1. The van der Waals surface area contributed by atoms with Crippen molar-refractivity contribution < 1.29 is 19.3 Å². The largest absolute Gasteiger partial charge is 0.507 e. The predicted molar refractivity (Wildman–Crippen MR) is 161 cm³/mol. The quantitative estimate of drug-likeness (QED) is 0.180. The van der Waals surface area contributed by atoms with E-state index in [1.807, 2.05) is 115 Å². The Kier molecular flexibility index (Phi) is 7.86. The average Bonchev–Trinajstić information content (AvgIpc) is 3.35. The molecule has 1 aliphatic heterocycles. The van der Waals surface area contributed by atoms with Crippen LogP contribution in [-0.4, -0.2) is 9.67 Å². The minimum absolute atomic E-state index is 0.103. The first kappa shape index (κ1) is 26.1. The summed E-state index contributed by atoms with van der Waals surface area (Å²) in [6.07, 6.45) is 1.88. The summed E-state index contributed by atoms with van der Waals surface area (Å²) in [6.45, 7) is 1.55. The Balaban J connectivity index is 1.47. The second kappa shape index (κ2) is 12.3. The second-order valence-corrected chi connectivity index (χ2v) is 9.85. The molecule has 0 unspecified atom stereocenters. The van der Waals surface area contributed by atoms with Crippen molar-refractivity contribution in [3.05, 3.63) is 156 Å². The number of nitrogens with zero attached hydrogens (tertiary/aromatic N) is 1. The van der Waals surface area contributed by atoms with Crippen molar-refractivity contribution in [2.45, 2.75) is 26.4 Å². The monoisotopic (exact) mass is 541 g/mol. The van der Waals surface area contributed by atoms with E-state index in [2.05, 4.69) is 16.7 Å². The molecule has 1 N–H and O–H groups in total. The molecular formula is C36H31NO4. The van der Waals surface area contributed by atoms with Crippen molar-refractivity contribution in [2.75, 3.05) is 0 Å². The maximum atomic E-state index is 11.2. The molecule has 0 fully saturated rings. The fraction of sp³-hybridized carbons (Fsp3) is 0.111. The van der Waals surface area contributed by atoms with Gasteiger partial charge in [0.05, 0.1) is 5.56 Å². The predicted octanol–water partition coefficient (Wildman–Crippen LogP) is 8.08. The van der Waals surface area contributed by atoms with Crippen molar-refractivity contribution in [3.63, 3.8) is 0 Å². The maximum absolute atomic E-state index is 11.2. The van der Waals surface area contributed by atoms with Crippen molar-refractivity contribution in [2.24, 2.45) is 0 Å². The molecule has 2 aliphatic rings. The average molecular weight is 542 g/mol. The van der Waals surface area contributed by atoms with Crippen LogP contribution in [0.1, 0.15) is 22.3 Å². The number of pyridine rings is 1. The summed E-state index contributed by atoms with van der Waals surface area (Å²) >= 11 is 0. The van der Waals surface area contributed by atoms with E-state index in [9.17, 15) is 5.11 Å². The number of aromatic nitrogens is 1. The molecule has 4 aromatic carbocycles. The van der Waals surface area contributed by atoms with Crippen molar-refractivity contribution in [1.29, 1.82) is 0 Å². The normalized spacial score (nSPS) is 10.9. The topological polar surface area (TPSA) is 52.9 Å². The molecule has 0 amide bonds. The molecule has 0 bridgehead atoms. The lowest BCUT2D eigenvalue weighted by atomic mass is 10.1. The Morgan fingerprint density at radius 3 is 1.37 bits per heavy atom. The highest BCUT2D eigenvalue weighted by atomic mass is 16.5. The summed E-state index contributed by atoms with van der Waals surface area (Å²) < 4.78 is 21.6. The third-order valence-corrected chi connectivity index (χ3v) is 6.92. The van der Waals surface area contributed by atoms with E-state index in [1.165, 1.54) is 0 Å². The van der Waals surface area contributed by atoms with Gasteiger partial charge in [-0.15, -0.1) is 0 Å². The van der Waals surface area contributed by atoms with Crippen LogP contribution in [0.25, 0.3) is 11.3 Å². The smallest absolute Gasteiger partial charge is 0.207 e. The highest BCUT2D eigenvalue weighted by Crippen LogP contribution is 2.57. The Hall–Kier alpha value is -5.16. The van der Waals surface area contributed by atoms with Crippen molar-refractivity contribution in [1.82, 2.24) is 4.57 Å². The van der Waals surface area contributed by atoms with Gasteiger partial charge in [0.1, 0.15) is 31.3 Å². The van der Waals surface area contributed by atoms with Gasteiger partial charge >= 0.3 is 0 Å². The van der Waals surface area contributed by atoms with Crippen LogP contribution in [0.15, 0.2) is 134 Å². The lowest BCUT2D eigenvalue weighted by Gasteiger charge is -2.17. The zero-order chi connectivity index (χ0) is 27.9. The summed E-state index contributed by atoms with van der Waals surface area (Å²) in [5.74, 6) is 1.57. The highest BCUT2D eigenvalue weighted by Gasteiger charge is 2.33. The zero-order valence-electron chi connectivity index (χ0n) is 22.6. The summed E-state index contributed by atoms with van der Waals surface area (Å²) in [6, 6.07) is 41.9. The molecule has 1 aliphatic carbocycles. The third-order valence-electron chi connectivity index (χ3n) is 6.92. The van der Waals surface area contributed by atoms with E-state index in [4.69, 9.17) is 14.2 Å². The van der Waals surface area contributed by atoms with Gasteiger partial charge < -0.3 is 23.9 Å². The highest BCUT2D eigenvalue weighted by molar-refractivity contribution is 5.89. The molecule has 0 spiro atoms. The molecule has 0 atom stereocenters. The van der Waals surface area contributed by atoms with Crippen LogP contribution in [0.5, 0.6) is 23.0 Å². The molecule has 41 heavy (non-hydrogen) atoms. The molecular weight excluding hydrogens is 510 g/mol. The Morgan fingerprint density at radius 2 is 0.878 bits per heavy atom. The molecule has 204 valence electrons. The standard InChI is InChI=1S/C36H31NO4/c38-31-21-22-37(23-27-13-5-1-6-14-27)33-32(31)34(39-24-28-15-7-2-8-16-28)36(41-26-30-19-11-4-12-20-30)35(33)40-25-29-17-9-3-10-18-29/h1-22,38H,23-26H2. The third kappa shape index (κ3) is 6.04. The molecule has 6 rings (SSSR count). The fourth-order valence-corrected chi connectivity index (χ4v) is 4.88. The van der Waals surface area contributed by atoms with E-state index in [-0.39, 0.29) is 5.75 Å². The summed E-state index contributed by atoms with van der Waals surface area (Å²) in [5.41, 5.74) is 5.45. The van der Waals surface area contributed by atoms with Crippen LogP contribution in [0.3, 0.4) is 0 Å². The minimum Gasteiger partial charge on any atom is -0.507 e. The van der Waals surface area contributed by atoms with Crippen LogP contribution in [0.4, 0.5) is 0 Å². The van der Waals surface area contributed by atoms with E-state index in [1.54, 1.807) is 6.07 Å². The second-order valence-electron chi connectivity index (χ2n) is 9.85. The number of aromatic hydroxyl groups is 1. The first-order chi connectivity index (χ1) is 20.3. The fourth-order valence-electron chi connectivity index (χ4n) is 4.88. The van der Waals surface area contributed by atoms with Gasteiger partial charge in [-0.25, -0.2) is 0 Å². The van der Waals surface area contributed by atoms with Gasteiger partial charge in [0.15, 0.2) is 11.5 Å². The molecule has 4 aromatic rings. The lowest BCUT2D eigenvalue weighted by Crippen LogP contribution is -2.06. The molecule has 5 nitrogen and oxygen atoms in total. The molecule has 0 aromatic heterocycles. The molecule has 5 heteroatoms. The van der Waals surface area contributed by atoms with Gasteiger partial charge in [0, 0.05) is 12.7 Å². The first-order valence-electron chi connectivity index (χ1n) is 13.7. The van der Waals surface area contributed by atoms with Gasteiger partial charge in [-0.3, -0.25) is 0 Å². The number of hydrogen-bond donors (Lipinski definition) is 1. The summed E-state index contributed by atoms with van der Waals surface area (Å²) in [4.78, 5) is 0. The summed E-state index contributed by atoms with van der Waals surface area (Å²) in [7, 11) is 0. The number of ether oxygens (including phenoxy) is 3. The summed E-state index contributed by atoms with van der Waals surface area (Å²) in [5, 5.41) is 11.2. The van der Waals surface area contributed by atoms with E-state index >= 15 is 0 Å². The SMILES string of the molecule is Oc1ccn(Cc2ccccc2)c2c(OCc3ccccc3)c(OCc3ccccc3)c(OCc3ccccc3)c1-2. The van der Waals surface area contributed by atoms with Gasteiger partial charge in [0.25, 0.3) is 0 Å². The molecule has 1 heterocycles. The van der Waals surface area contributed by atoms with Crippen LogP contribution >= 0.6 is 0 Å². The Labute approximate surface area is 240 Å². The molecule has 0 saturated heterocycles. The van der Waals surface area contributed by atoms with Crippen LogP contribution < -0.4 is 14.2 Å². The Bertz CT molecular complexity index is 1650. The van der Waals surface area contributed by atoms with E-state index in [0.29, 0.717) is 49.2 Å². The number of rotatable bonds is 11. The van der Waals surface area contributed by atoms with E-state index < -0.39 is 0 Å². The van der Waals surface area contributed by atoms with Crippen LogP contribution in [0, 0.1) is 0 Å².